The third-order valence-electron chi connectivity index (χ3n) is 5.65. The summed E-state index contributed by atoms with van der Waals surface area (Å²) in [4.78, 5) is 42.4. The molecule has 186 valence electrons. The normalized spacial score (nSPS) is 15.3. The average Bonchev–Trinajstić information content (AvgIpc) is 2.96. The van der Waals surface area contributed by atoms with Gasteiger partial charge < -0.3 is 15.2 Å². The molecule has 2 N–H and O–H groups in total. The van der Waals surface area contributed by atoms with Crippen LogP contribution in [0.1, 0.15) is 57.1 Å². The SMILES string of the molecule is CC(C)(C)OC(=O)N(CCC(=O)NCC1=CCc2ccccc2C(CC(=O)O)C1)c1ccccn1. The highest BCUT2D eigenvalue weighted by Crippen LogP contribution is 2.33. The molecule has 1 aromatic heterocycles. The molecule has 1 unspecified atom stereocenters. The Labute approximate surface area is 206 Å². The maximum Gasteiger partial charge on any atom is 0.416 e. The predicted molar refractivity (Wildman–Crippen MR) is 133 cm³/mol. The number of aromatic nitrogens is 1. The first kappa shape index (κ1) is 25.9. The molecule has 8 heteroatoms. The van der Waals surface area contributed by atoms with E-state index in [9.17, 15) is 19.5 Å². The molecule has 0 radical (unpaired) electrons. The number of carboxylic acids is 1. The average molecular weight is 480 g/mol. The maximum absolute atomic E-state index is 12.7. The first-order valence-electron chi connectivity index (χ1n) is 11.8. The smallest absolute Gasteiger partial charge is 0.416 e. The number of hydrogen-bond acceptors (Lipinski definition) is 5. The van der Waals surface area contributed by atoms with Crippen molar-refractivity contribution in [1.82, 2.24) is 10.3 Å². The van der Waals surface area contributed by atoms with Crippen molar-refractivity contribution in [3.63, 3.8) is 0 Å². The number of benzene rings is 1. The molecule has 0 fully saturated rings. The molecule has 2 amide bonds. The summed E-state index contributed by atoms with van der Waals surface area (Å²) >= 11 is 0. The van der Waals surface area contributed by atoms with Crippen molar-refractivity contribution in [1.29, 1.82) is 0 Å². The number of carbonyl (C=O) groups is 3. The van der Waals surface area contributed by atoms with E-state index in [1.165, 1.54) is 4.90 Å². The Balaban J connectivity index is 1.61. The van der Waals surface area contributed by atoms with Crippen molar-refractivity contribution < 1.29 is 24.2 Å². The predicted octanol–water partition coefficient (Wildman–Crippen LogP) is 4.46. The zero-order chi connectivity index (χ0) is 25.4. The lowest BCUT2D eigenvalue weighted by Crippen LogP contribution is -2.39. The Bertz CT molecular complexity index is 1080. The van der Waals surface area contributed by atoms with Crippen molar-refractivity contribution in [2.45, 2.75) is 58.0 Å². The molecule has 0 bridgehead atoms. The first-order chi connectivity index (χ1) is 16.6. The summed E-state index contributed by atoms with van der Waals surface area (Å²) in [5.74, 6) is -0.782. The Morgan fingerprint density at radius 1 is 1.14 bits per heavy atom. The molecule has 0 saturated carbocycles. The maximum atomic E-state index is 12.7. The monoisotopic (exact) mass is 479 g/mol. The molecule has 0 saturated heterocycles. The lowest BCUT2D eigenvalue weighted by Gasteiger charge is -2.26. The molecule has 1 aliphatic carbocycles. The van der Waals surface area contributed by atoms with E-state index < -0.39 is 17.7 Å². The third-order valence-corrected chi connectivity index (χ3v) is 5.65. The second kappa shape index (κ2) is 11.6. The van der Waals surface area contributed by atoms with E-state index in [1.54, 1.807) is 45.2 Å². The number of carboxylic acid groups (broad SMARTS) is 1. The first-order valence-corrected chi connectivity index (χ1v) is 11.8. The number of ether oxygens (including phenoxy) is 1. The molecule has 1 aromatic carbocycles. The van der Waals surface area contributed by atoms with Gasteiger partial charge in [-0.05, 0) is 62.8 Å². The number of nitrogens with one attached hydrogen (secondary N) is 1. The Kier molecular flexibility index (Phi) is 8.63. The van der Waals surface area contributed by atoms with Crippen LogP contribution < -0.4 is 10.2 Å². The minimum atomic E-state index is -0.841. The summed E-state index contributed by atoms with van der Waals surface area (Å²) < 4.78 is 5.49. The number of aliphatic carboxylic acids is 1. The van der Waals surface area contributed by atoms with Crippen LogP contribution in [0.3, 0.4) is 0 Å². The highest BCUT2D eigenvalue weighted by Gasteiger charge is 2.25. The van der Waals surface area contributed by atoms with Crippen molar-refractivity contribution in [3.05, 3.63) is 71.4 Å². The van der Waals surface area contributed by atoms with E-state index >= 15 is 0 Å². The standard InChI is InChI=1S/C27H33N3O5/c1-27(2,3)35-26(34)30(23-10-6-7-14-28-23)15-13-24(31)29-18-19-11-12-20-8-4-5-9-22(20)21(16-19)17-25(32)33/h4-11,14,21H,12-13,15-18H2,1-3H3,(H,29,31)(H,32,33). The Morgan fingerprint density at radius 2 is 1.89 bits per heavy atom. The van der Waals surface area contributed by atoms with Crippen LogP contribution in [0.2, 0.25) is 0 Å². The van der Waals surface area contributed by atoms with Gasteiger partial charge in [-0.3, -0.25) is 14.5 Å². The van der Waals surface area contributed by atoms with Crippen LogP contribution in [0.4, 0.5) is 10.6 Å². The fraction of sp³-hybridized carbons (Fsp3) is 0.407. The lowest BCUT2D eigenvalue weighted by atomic mass is 9.88. The van der Waals surface area contributed by atoms with E-state index in [4.69, 9.17) is 4.74 Å². The second-order valence-electron chi connectivity index (χ2n) is 9.61. The number of rotatable bonds is 8. The van der Waals surface area contributed by atoms with E-state index in [0.29, 0.717) is 25.2 Å². The van der Waals surface area contributed by atoms with Crippen LogP contribution in [-0.4, -0.2) is 46.8 Å². The quantitative estimate of drug-likeness (QED) is 0.541. The number of anilines is 1. The summed E-state index contributed by atoms with van der Waals surface area (Å²) in [6.07, 6.45) is 4.47. The topological polar surface area (TPSA) is 109 Å². The van der Waals surface area contributed by atoms with E-state index in [2.05, 4.69) is 16.4 Å². The zero-order valence-corrected chi connectivity index (χ0v) is 20.5. The van der Waals surface area contributed by atoms with Crippen molar-refractivity contribution in [3.8, 4) is 0 Å². The van der Waals surface area contributed by atoms with Gasteiger partial charge in [0.1, 0.15) is 11.4 Å². The number of nitrogens with zero attached hydrogens (tertiary/aromatic N) is 2. The molecule has 0 aliphatic heterocycles. The number of fused-ring (bicyclic) bond motifs is 1. The summed E-state index contributed by atoms with van der Waals surface area (Å²) in [7, 11) is 0. The summed E-state index contributed by atoms with van der Waals surface area (Å²) in [6, 6.07) is 13.1. The fourth-order valence-corrected chi connectivity index (χ4v) is 4.06. The van der Waals surface area contributed by atoms with Gasteiger partial charge in [0.05, 0.1) is 6.42 Å². The van der Waals surface area contributed by atoms with Crippen LogP contribution in [0.15, 0.2) is 60.3 Å². The fourth-order valence-electron chi connectivity index (χ4n) is 4.06. The number of allylic oxidation sites excluding steroid dienone is 1. The molecule has 35 heavy (non-hydrogen) atoms. The van der Waals surface area contributed by atoms with Crippen LogP contribution in [0, 0.1) is 0 Å². The largest absolute Gasteiger partial charge is 0.481 e. The van der Waals surface area contributed by atoms with E-state index in [1.807, 2.05) is 24.3 Å². The molecular weight excluding hydrogens is 446 g/mol. The van der Waals surface area contributed by atoms with Crippen molar-refractivity contribution in [2.75, 3.05) is 18.0 Å². The lowest BCUT2D eigenvalue weighted by molar-refractivity contribution is -0.137. The van der Waals surface area contributed by atoms with Gasteiger partial charge in [-0.15, -0.1) is 0 Å². The summed E-state index contributed by atoms with van der Waals surface area (Å²) in [5, 5.41) is 12.3. The number of hydrogen-bond donors (Lipinski definition) is 2. The van der Waals surface area contributed by atoms with Gasteiger partial charge >= 0.3 is 12.1 Å². The van der Waals surface area contributed by atoms with Gasteiger partial charge in [-0.2, -0.15) is 0 Å². The second-order valence-corrected chi connectivity index (χ2v) is 9.61. The minimum absolute atomic E-state index is 0.0389. The number of amides is 2. The number of carbonyl (C=O) groups excluding carboxylic acids is 2. The molecule has 2 aromatic rings. The highest BCUT2D eigenvalue weighted by atomic mass is 16.6. The summed E-state index contributed by atoms with van der Waals surface area (Å²) in [6.45, 7) is 5.79. The molecule has 8 nitrogen and oxygen atoms in total. The van der Waals surface area contributed by atoms with Gasteiger partial charge in [0.25, 0.3) is 0 Å². The van der Waals surface area contributed by atoms with Crippen LogP contribution in [0.25, 0.3) is 0 Å². The molecule has 1 aliphatic rings. The molecule has 0 spiro atoms. The number of pyridine rings is 1. The Hall–Kier alpha value is -3.68. The zero-order valence-electron chi connectivity index (χ0n) is 20.5. The van der Waals surface area contributed by atoms with Crippen LogP contribution >= 0.6 is 0 Å². The van der Waals surface area contributed by atoms with Crippen LogP contribution in [0.5, 0.6) is 0 Å². The van der Waals surface area contributed by atoms with Gasteiger partial charge in [-0.1, -0.05) is 42.0 Å². The molecule has 1 heterocycles. The van der Waals surface area contributed by atoms with E-state index in [-0.39, 0.29) is 31.2 Å². The van der Waals surface area contributed by atoms with Gasteiger partial charge in [0.2, 0.25) is 5.91 Å². The van der Waals surface area contributed by atoms with E-state index in [0.717, 1.165) is 16.7 Å². The highest BCUT2D eigenvalue weighted by molar-refractivity contribution is 5.88. The molecular formula is C27H33N3O5. The van der Waals surface area contributed by atoms with Crippen molar-refractivity contribution in [2.24, 2.45) is 0 Å². The van der Waals surface area contributed by atoms with Crippen LogP contribution in [-0.2, 0) is 20.7 Å². The minimum Gasteiger partial charge on any atom is -0.481 e. The van der Waals surface area contributed by atoms with Gasteiger partial charge in [0, 0.05) is 25.7 Å². The van der Waals surface area contributed by atoms with Crippen molar-refractivity contribution >= 4 is 23.8 Å². The van der Waals surface area contributed by atoms with Gasteiger partial charge in [-0.25, -0.2) is 9.78 Å². The third kappa shape index (κ3) is 7.95. The summed E-state index contributed by atoms with van der Waals surface area (Å²) in [5.41, 5.74) is 2.48. The Morgan fingerprint density at radius 3 is 2.57 bits per heavy atom. The molecule has 3 rings (SSSR count). The molecule has 1 atom stereocenters. The van der Waals surface area contributed by atoms with Gasteiger partial charge in [0.15, 0.2) is 0 Å².